The SMILES string of the molecule is CC(=O)C(Cl)c1ccc(O)cc1CC(=O)O. The first-order chi connectivity index (χ1) is 7.41. The van der Waals surface area contributed by atoms with Gasteiger partial charge in [-0.15, -0.1) is 11.6 Å². The largest absolute Gasteiger partial charge is 0.508 e. The van der Waals surface area contributed by atoms with E-state index in [-0.39, 0.29) is 18.0 Å². The molecule has 0 heterocycles. The van der Waals surface area contributed by atoms with E-state index in [9.17, 15) is 14.7 Å². The Labute approximate surface area is 97.5 Å². The number of Topliss-reactive ketones (excluding diaryl/α,β-unsaturated/α-hetero) is 1. The third kappa shape index (κ3) is 2.97. The Balaban J connectivity index is 3.16. The second-order valence-electron chi connectivity index (χ2n) is 3.43. The van der Waals surface area contributed by atoms with Gasteiger partial charge in [0.25, 0.3) is 0 Å². The Morgan fingerprint density at radius 3 is 2.56 bits per heavy atom. The van der Waals surface area contributed by atoms with Crippen LogP contribution in [0.1, 0.15) is 23.4 Å². The Kier molecular flexibility index (Phi) is 3.90. The number of carboxylic acids is 1. The van der Waals surface area contributed by atoms with Crippen molar-refractivity contribution in [3.63, 3.8) is 0 Å². The lowest BCUT2D eigenvalue weighted by Crippen LogP contribution is -2.08. The van der Waals surface area contributed by atoms with Crippen molar-refractivity contribution in [2.24, 2.45) is 0 Å². The van der Waals surface area contributed by atoms with Gasteiger partial charge in [-0.2, -0.15) is 0 Å². The zero-order chi connectivity index (χ0) is 12.3. The van der Waals surface area contributed by atoms with Gasteiger partial charge in [0.2, 0.25) is 0 Å². The number of carbonyl (C=O) groups is 2. The van der Waals surface area contributed by atoms with Crippen molar-refractivity contribution in [1.29, 1.82) is 0 Å². The fraction of sp³-hybridized carbons (Fsp3) is 0.273. The van der Waals surface area contributed by atoms with Gasteiger partial charge in [-0.05, 0) is 30.2 Å². The van der Waals surface area contributed by atoms with Crippen LogP contribution in [0.2, 0.25) is 0 Å². The fourth-order valence-corrected chi connectivity index (χ4v) is 1.59. The van der Waals surface area contributed by atoms with Gasteiger partial charge in [-0.1, -0.05) is 6.07 Å². The van der Waals surface area contributed by atoms with Crippen LogP contribution in [0.3, 0.4) is 0 Å². The minimum atomic E-state index is -1.04. The molecule has 0 aliphatic rings. The van der Waals surface area contributed by atoms with Gasteiger partial charge in [0, 0.05) is 0 Å². The molecule has 0 aliphatic heterocycles. The van der Waals surface area contributed by atoms with Gasteiger partial charge in [-0.3, -0.25) is 9.59 Å². The molecule has 0 bridgehead atoms. The van der Waals surface area contributed by atoms with E-state index in [0.29, 0.717) is 11.1 Å². The van der Waals surface area contributed by atoms with E-state index in [0.717, 1.165) is 0 Å². The van der Waals surface area contributed by atoms with Gasteiger partial charge in [0.05, 0.1) is 6.42 Å². The highest BCUT2D eigenvalue weighted by atomic mass is 35.5. The number of phenols is 1. The van der Waals surface area contributed by atoms with Crippen LogP contribution in [-0.4, -0.2) is 22.0 Å². The summed E-state index contributed by atoms with van der Waals surface area (Å²) in [7, 11) is 0. The first-order valence-electron chi connectivity index (χ1n) is 4.60. The lowest BCUT2D eigenvalue weighted by molar-refractivity contribution is -0.136. The average Bonchev–Trinajstić information content (AvgIpc) is 2.15. The summed E-state index contributed by atoms with van der Waals surface area (Å²) in [5, 5.41) is 17.1. The minimum Gasteiger partial charge on any atom is -0.508 e. The third-order valence-corrected chi connectivity index (χ3v) is 2.64. The highest BCUT2D eigenvalue weighted by molar-refractivity contribution is 6.30. The predicted octanol–water partition coefficient (Wildman–Crippen LogP) is 1.89. The summed E-state index contributed by atoms with van der Waals surface area (Å²) >= 11 is 5.86. The van der Waals surface area contributed by atoms with E-state index in [2.05, 4.69) is 0 Å². The Hall–Kier alpha value is -1.55. The highest BCUT2D eigenvalue weighted by Gasteiger charge is 2.18. The summed E-state index contributed by atoms with van der Waals surface area (Å²) in [6.45, 7) is 1.33. The topological polar surface area (TPSA) is 74.6 Å². The molecule has 1 atom stereocenters. The van der Waals surface area contributed by atoms with Crippen LogP contribution in [0.5, 0.6) is 5.75 Å². The number of carbonyl (C=O) groups excluding carboxylic acids is 1. The number of carboxylic acid groups (broad SMARTS) is 1. The summed E-state index contributed by atoms with van der Waals surface area (Å²) < 4.78 is 0. The minimum absolute atomic E-state index is 0.0487. The maximum Gasteiger partial charge on any atom is 0.307 e. The van der Waals surface area contributed by atoms with Crippen molar-refractivity contribution in [3.05, 3.63) is 29.3 Å². The molecule has 2 N–H and O–H groups in total. The monoisotopic (exact) mass is 242 g/mol. The number of ketones is 1. The average molecular weight is 243 g/mol. The van der Waals surface area contributed by atoms with Crippen LogP contribution < -0.4 is 0 Å². The van der Waals surface area contributed by atoms with Gasteiger partial charge < -0.3 is 10.2 Å². The quantitative estimate of drug-likeness (QED) is 0.791. The van der Waals surface area contributed by atoms with E-state index in [1.54, 1.807) is 0 Å². The molecule has 0 fully saturated rings. The molecule has 0 aliphatic carbocycles. The van der Waals surface area contributed by atoms with Crippen molar-refractivity contribution in [3.8, 4) is 5.75 Å². The van der Waals surface area contributed by atoms with Crippen molar-refractivity contribution in [2.75, 3.05) is 0 Å². The van der Waals surface area contributed by atoms with E-state index < -0.39 is 11.3 Å². The Bertz CT molecular complexity index is 428. The smallest absolute Gasteiger partial charge is 0.307 e. The van der Waals surface area contributed by atoms with E-state index in [4.69, 9.17) is 16.7 Å². The van der Waals surface area contributed by atoms with E-state index >= 15 is 0 Å². The van der Waals surface area contributed by atoms with Gasteiger partial charge in [0.15, 0.2) is 5.78 Å². The molecule has 0 amide bonds. The zero-order valence-corrected chi connectivity index (χ0v) is 9.36. The molecule has 0 spiro atoms. The molecule has 1 aromatic carbocycles. The molecular formula is C11H11ClO4. The van der Waals surface area contributed by atoms with Crippen LogP contribution in [0.15, 0.2) is 18.2 Å². The van der Waals surface area contributed by atoms with Crippen molar-refractivity contribution >= 4 is 23.4 Å². The summed E-state index contributed by atoms with van der Waals surface area (Å²) in [5.74, 6) is -1.36. The number of rotatable bonds is 4. The van der Waals surface area contributed by atoms with Gasteiger partial charge in [-0.25, -0.2) is 0 Å². The maximum absolute atomic E-state index is 11.1. The molecule has 4 nitrogen and oxygen atoms in total. The molecule has 0 aromatic heterocycles. The van der Waals surface area contributed by atoms with Crippen LogP contribution >= 0.6 is 11.6 Å². The number of phenolic OH excluding ortho intramolecular Hbond substituents is 1. The molecule has 1 rings (SSSR count). The van der Waals surface area contributed by atoms with Crippen LogP contribution in [0, 0.1) is 0 Å². The Morgan fingerprint density at radius 2 is 2.06 bits per heavy atom. The van der Waals surface area contributed by atoms with E-state index in [1.807, 2.05) is 0 Å². The zero-order valence-electron chi connectivity index (χ0n) is 8.61. The molecule has 0 saturated heterocycles. The number of hydrogen-bond acceptors (Lipinski definition) is 3. The third-order valence-electron chi connectivity index (χ3n) is 2.10. The van der Waals surface area contributed by atoms with Gasteiger partial charge >= 0.3 is 5.97 Å². The number of aromatic hydroxyl groups is 1. The van der Waals surface area contributed by atoms with Crippen LogP contribution in [0.4, 0.5) is 0 Å². The molecular weight excluding hydrogens is 232 g/mol. The highest BCUT2D eigenvalue weighted by Crippen LogP contribution is 2.28. The van der Waals surface area contributed by atoms with E-state index in [1.165, 1.54) is 25.1 Å². The van der Waals surface area contributed by atoms with Crippen LogP contribution in [0.25, 0.3) is 0 Å². The number of halogens is 1. The second-order valence-corrected chi connectivity index (χ2v) is 3.86. The summed E-state index contributed by atoms with van der Waals surface area (Å²) in [6, 6.07) is 4.15. The fourth-order valence-electron chi connectivity index (χ4n) is 1.37. The van der Waals surface area contributed by atoms with Gasteiger partial charge in [0.1, 0.15) is 11.1 Å². The van der Waals surface area contributed by atoms with Crippen molar-refractivity contribution in [2.45, 2.75) is 18.7 Å². The number of aliphatic carboxylic acids is 1. The number of alkyl halides is 1. The first kappa shape index (κ1) is 12.5. The predicted molar refractivity (Wildman–Crippen MR) is 58.7 cm³/mol. The second kappa shape index (κ2) is 4.99. The lowest BCUT2D eigenvalue weighted by atomic mass is 9.99. The summed E-state index contributed by atoms with van der Waals surface area (Å²) in [4.78, 5) is 21.7. The maximum atomic E-state index is 11.1. The molecule has 1 aromatic rings. The lowest BCUT2D eigenvalue weighted by Gasteiger charge is -2.11. The molecule has 1 unspecified atom stereocenters. The summed E-state index contributed by atoms with van der Waals surface area (Å²) in [6.07, 6.45) is -0.278. The summed E-state index contributed by atoms with van der Waals surface area (Å²) in [5.41, 5.74) is 0.775. The molecule has 16 heavy (non-hydrogen) atoms. The molecule has 5 heteroatoms. The number of hydrogen-bond donors (Lipinski definition) is 2. The molecule has 0 radical (unpaired) electrons. The van der Waals surface area contributed by atoms with Crippen molar-refractivity contribution < 1.29 is 19.8 Å². The normalized spacial score (nSPS) is 12.1. The molecule has 86 valence electrons. The van der Waals surface area contributed by atoms with Crippen LogP contribution in [-0.2, 0) is 16.0 Å². The first-order valence-corrected chi connectivity index (χ1v) is 5.03. The molecule has 0 saturated carbocycles. The number of benzene rings is 1. The standard InChI is InChI=1S/C11H11ClO4/c1-6(13)11(12)9-3-2-8(14)4-7(9)5-10(15)16/h2-4,11,14H,5H2,1H3,(H,15,16). The Morgan fingerprint density at radius 1 is 1.44 bits per heavy atom. The van der Waals surface area contributed by atoms with Crippen molar-refractivity contribution in [1.82, 2.24) is 0 Å².